The second kappa shape index (κ2) is 8.72. The molecule has 0 radical (unpaired) electrons. The zero-order chi connectivity index (χ0) is 18.8. The maximum atomic E-state index is 12.3. The minimum absolute atomic E-state index is 0. The molecule has 0 aliphatic carbocycles. The van der Waals surface area contributed by atoms with E-state index in [9.17, 15) is 8.42 Å². The lowest BCUT2D eigenvalue weighted by Gasteiger charge is -2.39. The fourth-order valence-electron chi connectivity index (χ4n) is 3.21. The fraction of sp³-hybridized carbons (Fsp3) is 0.474. The summed E-state index contributed by atoms with van der Waals surface area (Å²) in [6, 6.07) is 10.1. The molecule has 8 heteroatoms. The van der Waals surface area contributed by atoms with Crippen LogP contribution in [0.5, 0.6) is 0 Å². The lowest BCUT2D eigenvalue weighted by molar-refractivity contribution is 0.353. The van der Waals surface area contributed by atoms with Crippen LogP contribution < -0.4 is 5.32 Å². The van der Waals surface area contributed by atoms with Gasteiger partial charge >= 0.3 is 0 Å². The summed E-state index contributed by atoms with van der Waals surface area (Å²) in [7, 11) is -3.07. The Morgan fingerprint density at radius 2 is 2.04 bits per heavy atom. The molecule has 1 fully saturated rings. The molecule has 1 aromatic heterocycles. The van der Waals surface area contributed by atoms with E-state index in [1.165, 1.54) is 0 Å². The van der Waals surface area contributed by atoms with Crippen molar-refractivity contribution in [1.29, 1.82) is 0 Å². The van der Waals surface area contributed by atoms with E-state index in [4.69, 9.17) is 4.99 Å². The minimum atomic E-state index is -3.07. The summed E-state index contributed by atoms with van der Waals surface area (Å²) >= 11 is 0. The van der Waals surface area contributed by atoms with Gasteiger partial charge in [0.15, 0.2) is 15.8 Å². The molecule has 3 rings (SSSR count). The number of sulfone groups is 1. The van der Waals surface area contributed by atoms with Crippen LogP contribution in [0.15, 0.2) is 41.5 Å². The van der Waals surface area contributed by atoms with Crippen molar-refractivity contribution >= 4 is 50.7 Å². The molecule has 2 heterocycles. The van der Waals surface area contributed by atoms with E-state index in [-0.39, 0.29) is 29.7 Å². The number of guanidine groups is 1. The zero-order valence-electron chi connectivity index (χ0n) is 16.0. The van der Waals surface area contributed by atoms with Crippen molar-refractivity contribution in [3.8, 4) is 0 Å². The van der Waals surface area contributed by atoms with E-state index in [1.807, 2.05) is 42.2 Å². The number of aromatic nitrogens is 1. The molecule has 0 saturated carbocycles. The summed E-state index contributed by atoms with van der Waals surface area (Å²) in [4.78, 5) is 11.3. The minimum Gasteiger partial charge on any atom is -0.357 e. The van der Waals surface area contributed by atoms with Gasteiger partial charge in [-0.1, -0.05) is 24.3 Å². The maximum Gasteiger partial charge on any atom is 0.194 e. The number of nitrogens with one attached hydrogen (secondary N) is 1. The SMILES string of the molecule is CCNC(=NCc1cccc2cccnc12)N1CCS(=O)(=O)C(C)(C)C1.I. The predicted molar refractivity (Wildman–Crippen MR) is 121 cm³/mol. The Morgan fingerprint density at radius 3 is 2.74 bits per heavy atom. The van der Waals surface area contributed by atoms with Crippen LogP contribution in [0.2, 0.25) is 0 Å². The molecule has 0 bridgehead atoms. The molecular weight excluding hydrogens is 475 g/mol. The van der Waals surface area contributed by atoms with E-state index < -0.39 is 14.6 Å². The van der Waals surface area contributed by atoms with E-state index in [2.05, 4.69) is 10.3 Å². The first-order valence-corrected chi connectivity index (χ1v) is 10.6. The van der Waals surface area contributed by atoms with Gasteiger partial charge in [0.25, 0.3) is 0 Å². The van der Waals surface area contributed by atoms with E-state index >= 15 is 0 Å². The van der Waals surface area contributed by atoms with Crippen molar-refractivity contribution < 1.29 is 8.42 Å². The van der Waals surface area contributed by atoms with Gasteiger partial charge in [-0.2, -0.15) is 0 Å². The molecule has 148 valence electrons. The Hall–Kier alpha value is -1.42. The van der Waals surface area contributed by atoms with E-state index in [1.54, 1.807) is 20.0 Å². The topological polar surface area (TPSA) is 74.7 Å². The number of nitrogens with zero attached hydrogens (tertiary/aromatic N) is 3. The van der Waals surface area contributed by atoms with Gasteiger partial charge in [-0.15, -0.1) is 24.0 Å². The summed E-state index contributed by atoms with van der Waals surface area (Å²) in [5.74, 6) is 0.906. The summed E-state index contributed by atoms with van der Waals surface area (Å²) in [5.41, 5.74) is 2.01. The predicted octanol–water partition coefficient (Wildman–Crippen LogP) is 2.83. The van der Waals surface area contributed by atoms with Crippen molar-refractivity contribution in [2.24, 2.45) is 4.99 Å². The molecule has 1 aliphatic heterocycles. The van der Waals surface area contributed by atoms with E-state index in [0.29, 0.717) is 19.6 Å². The number of hydrogen-bond donors (Lipinski definition) is 1. The number of hydrogen-bond acceptors (Lipinski definition) is 4. The Bertz CT molecular complexity index is 923. The van der Waals surface area contributed by atoms with Crippen molar-refractivity contribution in [2.75, 3.05) is 25.4 Å². The lowest BCUT2D eigenvalue weighted by Crippen LogP contribution is -2.57. The number of benzene rings is 1. The Morgan fingerprint density at radius 1 is 1.30 bits per heavy atom. The van der Waals surface area contributed by atoms with Crippen molar-refractivity contribution in [1.82, 2.24) is 15.2 Å². The third-order valence-electron chi connectivity index (χ3n) is 4.79. The molecule has 6 nitrogen and oxygen atoms in total. The second-order valence-corrected chi connectivity index (χ2v) is 9.91. The highest BCUT2D eigenvalue weighted by Crippen LogP contribution is 2.24. The van der Waals surface area contributed by atoms with Crippen LogP contribution >= 0.6 is 24.0 Å². The number of aliphatic imine (C=N–C) groups is 1. The van der Waals surface area contributed by atoms with Gasteiger partial charge in [-0.05, 0) is 32.4 Å². The molecule has 1 saturated heterocycles. The van der Waals surface area contributed by atoms with Gasteiger partial charge in [0.2, 0.25) is 0 Å². The van der Waals surface area contributed by atoms with E-state index in [0.717, 1.165) is 29.0 Å². The van der Waals surface area contributed by atoms with Gasteiger partial charge < -0.3 is 10.2 Å². The maximum absolute atomic E-state index is 12.3. The van der Waals surface area contributed by atoms with Gasteiger partial charge in [0.05, 0.1) is 22.6 Å². The quantitative estimate of drug-likeness (QED) is 0.397. The molecule has 2 aromatic rings. The molecule has 27 heavy (non-hydrogen) atoms. The van der Waals surface area contributed by atoms with Gasteiger partial charge in [-0.3, -0.25) is 4.98 Å². The Labute approximate surface area is 178 Å². The fourth-order valence-corrected chi connectivity index (χ4v) is 4.57. The van der Waals surface area contributed by atoms with Gasteiger partial charge in [-0.25, -0.2) is 13.4 Å². The Balaban J connectivity index is 0.00000261. The summed E-state index contributed by atoms with van der Waals surface area (Å²) in [6.45, 7) is 7.72. The largest absolute Gasteiger partial charge is 0.357 e. The molecule has 0 amide bonds. The highest BCUT2D eigenvalue weighted by atomic mass is 127. The van der Waals surface area contributed by atoms with Crippen LogP contribution in [0.3, 0.4) is 0 Å². The third kappa shape index (κ3) is 4.71. The second-order valence-electron chi connectivity index (χ2n) is 7.16. The van der Waals surface area contributed by atoms with Crippen LogP contribution in [-0.2, 0) is 16.4 Å². The van der Waals surface area contributed by atoms with Crippen molar-refractivity contribution in [3.05, 3.63) is 42.1 Å². The molecule has 1 aromatic carbocycles. The monoisotopic (exact) mass is 502 g/mol. The number of rotatable bonds is 3. The smallest absolute Gasteiger partial charge is 0.194 e. The van der Waals surface area contributed by atoms with Crippen LogP contribution in [-0.4, -0.2) is 54.4 Å². The molecule has 0 unspecified atom stereocenters. The first-order chi connectivity index (χ1) is 12.3. The van der Waals surface area contributed by atoms with Gasteiger partial charge in [0.1, 0.15) is 0 Å². The average Bonchev–Trinajstić information content (AvgIpc) is 2.61. The summed E-state index contributed by atoms with van der Waals surface area (Å²) < 4.78 is 23.7. The average molecular weight is 502 g/mol. The van der Waals surface area contributed by atoms with Crippen LogP contribution in [0.4, 0.5) is 0 Å². The third-order valence-corrected chi connectivity index (χ3v) is 7.33. The molecule has 1 N–H and O–H groups in total. The molecule has 0 atom stereocenters. The first-order valence-electron chi connectivity index (χ1n) is 8.92. The molecule has 0 spiro atoms. The van der Waals surface area contributed by atoms with Crippen LogP contribution in [0.1, 0.15) is 26.3 Å². The molecular formula is C19H27IN4O2S. The Kier molecular flexibility index (Phi) is 7.07. The number of halogens is 1. The van der Waals surface area contributed by atoms with Crippen molar-refractivity contribution in [3.63, 3.8) is 0 Å². The normalized spacial score (nSPS) is 18.8. The van der Waals surface area contributed by atoms with Crippen LogP contribution in [0, 0.1) is 0 Å². The first kappa shape index (κ1) is 21.9. The zero-order valence-corrected chi connectivity index (χ0v) is 19.1. The number of pyridine rings is 1. The highest BCUT2D eigenvalue weighted by Gasteiger charge is 2.40. The number of para-hydroxylation sites is 1. The lowest BCUT2D eigenvalue weighted by atomic mass is 10.1. The highest BCUT2D eigenvalue weighted by molar-refractivity contribution is 14.0. The van der Waals surface area contributed by atoms with Crippen LogP contribution in [0.25, 0.3) is 10.9 Å². The summed E-state index contributed by atoms with van der Waals surface area (Å²) in [6.07, 6.45) is 1.79. The molecule has 1 aliphatic rings. The summed E-state index contributed by atoms with van der Waals surface area (Å²) in [5, 5.41) is 4.39. The standard InChI is InChI=1S/C19H26N4O2S.HI/c1-4-20-18(23-11-12-26(24,25)19(2,3)14-23)22-13-16-8-5-7-15-9-6-10-21-17(15)16;/h5-10H,4,11-14H2,1-3H3,(H,20,22);1H. The van der Waals surface area contributed by atoms with Crippen molar-refractivity contribution in [2.45, 2.75) is 32.1 Å². The van der Waals surface area contributed by atoms with Gasteiger partial charge in [0, 0.05) is 31.2 Å². The number of fused-ring (bicyclic) bond motifs is 1.